The monoisotopic (exact) mass is 160 g/mol. The fourth-order valence-electron chi connectivity index (χ4n) is 1.15. The van der Waals surface area contributed by atoms with E-state index >= 15 is 0 Å². The topological polar surface area (TPSA) is 0 Å². The third-order valence-electron chi connectivity index (χ3n) is 1.75. The van der Waals surface area contributed by atoms with Crippen LogP contribution in [0.5, 0.6) is 0 Å². The second kappa shape index (κ2) is 5.36. The van der Waals surface area contributed by atoms with E-state index in [0.29, 0.717) is 0 Å². The first-order chi connectivity index (χ1) is 5.75. The van der Waals surface area contributed by atoms with Crippen LogP contribution in [0.1, 0.15) is 16.7 Å². The van der Waals surface area contributed by atoms with E-state index in [4.69, 9.17) is 0 Å². The first-order valence-electron chi connectivity index (χ1n) is 3.94. The summed E-state index contributed by atoms with van der Waals surface area (Å²) >= 11 is 0. The third-order valence-corrected chi connectivity index (χ3v) is 1.75. The van der Waals surface area contributed by atoms with E-state index in [1.54, 1.807) is 0 Å². The van der Waals surface area contributed by atoms with Gasteiger partial charge >= 0.3 is 0 Å². The normalized spacial score (nSPS) is 8.17. The van der Waals surface area contributed by atoms with Crippen LogP contribution in [-0.4, -0.2) is 0 Å². The Morgan fingerprint density at radius 3 is 1.75 bits per heavy atom. The van der Waals surface area contributed by atoms with Gasteiger partial charge in [0.25, 0.3) is 0 Å². The van der Waals surface area contributed by atoms with Gasteiger partial charge in [-0.2, -0.15) is 0 Å². The van der Waals surface area contributed by atoms with Crippen molar-refractivity contribution in [2.75, 3.05) is 0 Å². The Kier molecular flexibility index (Phi) is 4.78. The number of benzene rings is 1. The molecule has 0 aliphatic carbocycles. The van der Waals surface area contributed by atoms with Crippen molar-refractivity contribution in [3.63, 3.8) is 0 Å². The van der Waals surface area contributed by atoms with Crippen LogP contribution in [0.4, 0.5) is 0 Å². The second-order valence-electron chi connectivity index (χ2n) is 2.51. The summed E-state index contributed by atoms with van der Waals surface area (Å²) in [6.45, 7) is 14.0. The molecule has 0 nitrogen and oxygen atoms in total. The van der Waals surface area contributed by atoms with Crippen LogP contribution in [0.3, 0.4) is 0 Å². The van der Waals surface area contributed by atoms with Crippen LogP contribution in [0.15, 0.2) is 37.9 Å². The molecular formula is C12H16. The molecule has 0 aliphatic rings. The molecule has 0 radical (unpaired) electrons. The minimum Gasteiger partial charge on any atom is -0.106 e. The lowest BCUT2D eigenvalue weighted by molar-refractivity contribution is 1.36. The highest BCUT2D eigenvalue weighted by molar-refractivity contribution is 5.55. The molecule has 0 heterocycles. The molecule has 0 N–H and O–H groups in total. The van der Waals surface area contributed by atoms with Crippen LogP contribution in [-0.2, 0) is 0 Å². The maximum atomic E-state index is 3.75. The van der Waals surface area contributed by atoms with Crippen molar-refractivity contribution in [1.29, 1.82) is 0 Å². The molecule has 0 heteroatoms. The number of hydrogen-bond donors (Lipinski definition) is 0. The largest absolute Gasteiger partial charge is 0.106 e. The molecule has 0 bridgehead atoms. The Hall–Kier alpha value is -1.30. The predicted octanol–water partition coefficient (Wildman–Crippen LogP) is 3.75. The Labute approximate surface area is 75.2 Å². The Morgan fingerprint density at radius 2 is 1.50 bits per heavy atom. The van der Waals surface area contributed by atoms with Gasteiger partial charge in [0.2, 0.25) is 0 Å². The average Bonchev–Trinajstić information content (AvgIpc) is 2.08. The SMILES string of the molecule is C=C.C=Cc1c(C)cccc1C. The summed E-state index contributed by atoms with van der Waals surface area (Å²) in [5.41, 5.74) is 3.87. The molecule has 0 aromatic heterocycles. The molecule has 0 amide bonds. The minimum absolute atomic E-state index is 1.27. The summed E-state index contributed by atoms with van der Waals surface area (Å²) in [5.74, 6) is 0. The number of aryl methyl sites for hydroxylation is 2. The van der Waals surface area contributed by atoms with Crippen molar-refractivity contribution in [2.24, 2.45) is 0 Å². The molecule has 0 unspecified atom stereocenters. The van der Waals surface area contributed by atoms with Gasteiger partial charge < -0.3 is 0 Å². The summed E-state index contributed by atoms with van der Waals surface area (Å²) in [6.07, 6.45) is 1.91. The van der Waals surface area contributed by atoms with Crippen LogP contribution < -0.4 is 0 Å². The van der Waals surface area contributed by atoms with E-state index in [0.717, 1.165) is 0 Å². The highest BCUT2D eigenvalue weighted by Gasteiger charge is 1.94. The van der Waals surface area contributed by atoms with E-state index in [1.165, 1.54) is 16.7 Å². The molecule has 0 atom stereocenters. The van der Waals surface area contributed by atoms with Crippen LogP contribution in [0.25, 0.3) is 6.08 Å². The lowest BCUT2D eigenvalue weighted by Gasteiger charge is -2.02. The fourth-order valence-corrected chi connectivity index (χ4v) is 1.15. The zero-order chi connectivity index (χ0) is 9.56. The third kappa shape index (κ3) is 2.39. The highest BCUT2D eigenvalue weighted by Crippen LogP contribution is 2.13. The van der Waals surface area contributed by atoms with Crippen LogP contribution in [0, 0.1) is 13.8 Å². The smallest absolute Gasteiger partial charge is 0.0204 e. The molecule has 64 valence electrons. The molecule has 0 fully saturated rings. The van der Waals surface area contributed by atoms with Gasteiger partial charge in [-0.05, 0) is 30.5 Å². The zero-order valence-corrected chi connectivity index (χ0v) is 7.93. The predicted molar refractivity (Wildman–Crippen MR) is 57.3 cm³/mol. The van der Waals surface area contributed by atoms with Crippen molar-refractivity contribution in [3.8, 4) is 0 Å². The molecular weight excluding hydrogens is 144 g/mol. The fraction of sp³-hybridized carbons (Fsp3) is 0.167. The minimum atomic E-state index is 1.27. The van der Waals surface area contributed by atoms with Gasteiger partial charge in [0.1, 0.15) is 0 Å². The second-order valence-corrected chi connectivity index (χ2v) is 2.51. The Bertz CT molecular complexity index is 238. The van der Waals surface area contributed by atoms with E-state index in [-0.39, 0.29) is 0 Å². The van der Waals surface area contributed by atoms with Gasteiger partial charge in [-0.1, -0.05) is 30.9 Å². The molecule has 0 spiro atoms. The van der Waals surface area contributed by atoms with Crippen molar-refractivity contribution >= 4 is 6.08 Å². The average molecular weight is 160 g/mol. The quantitative estimate of drug-likeness (QED) is 0.549. The molecule has 0 saturated heterocycles. The number of rotatable bonds is 1. The summed E-state index contributed by atoms with van der Waals surface area (Å²) in [5, 5.41) is 0. The zero-order valence-electron chi connectivity index (χ0n) is 7.93. The molecule has 1 rings (SSSR count). The van der Waals surface area contributed by atoms with Crippen LogP contribution >= 0.6 is 0 Å². The van der Waals surface area contributed by atoms with Crippen molar-refractivity contribution in [3.05, 3.63) is 54.6 Å². The van der Waals surface area contributed by atoms with Crippen molar-refractivity contribution in [1.82, 2.24) is 0 Å². The van der Waals surface area contributed by atoms with E-state index in [9.17, 15) is 0 Å². The highest BCUT2D eigenvalue weighted by atomic mass is 14.0. The standard InChI is InChI=1S/C10H12.C2H4/c1-4-10-8(2)6-5-7-9(10)3;1-2/h4-7H,1H2,2-3H3;1-2H2. The van der Waals surface area contributed by atoms with Gasteiger partial charge in [0.05, 0.1) is 0 Å². The lowest BCUT2D eigenvalue weighted by Crippen LogP contribution is -1.83. The Morgan fingerprint density at radius 1 is 1.08 bits per heavy atom. The first-order valence-corrected chi connectivity index (χ1v) is 3.94. The van der Waals surface area contributed by atoms with Gasteiger partial charge in [-0.25, -0.2) is 0 Å². The molecule has 1 aromatic carbocycles. The summed E-state index contributed by atoms with van der Waals surface area (Å²) in [7, 11) is 0. The lowest BCUT2D eigenvalue weighted by atomic mass is 10.0. The number of hydrogen-bond acceptors (Lipinski definition) is 0. The maximum Gasteiger partial charge on any atom is -0.0204 e. The van der Waals surface area contributed by atoms with Crippen LogP contribution in [0.2, 0.25) is 0 Å². The van der Waals surface area contributed by atoms with E-state index in [1.807, 2.05) is 6.08 Å². The van der Waals surface area contributed by atoms with Crippen molar-refractivity contribution < 1.29 is 0 Å². The van der Waals surface area contributed by atoms with Gasteiger partial charge in [-0.3, -0.25) is 0 Å². The Balaban J connectivity index is 0.000000561. The molecule has 0 saturated carbocycles. The first kappa shape index (κ1) is 10.7. The molecule has 0 aliphatic heterocycles. The maximum absolute atomic E-state index is 3.75. The molecule has 1 aromatic rings. The van der Waals surface area contributed by atoms with Gasteiger partial charge in [0, 0.05) is 0 Å². The van der Waals surface area contributed by atoms with E-state index < -0.39 is 0 Å². The van der Waals surface area contributed by atoms with Gasteiger partial charge in [0.15, 0.2) is 0 Å². The van der Waals surface area contributed by atoms with E-state index in [2.05, 4.69) is 51.8 Å². The summed E-state index contributed by atoms with van der Waals surface area (Å²) < 4.78 is 0. The van der Waals surface area contributed by atoms with Gasteiger partial charge in [-0.15, -0.1) is 13.2 Å². The summed E-state index contributed by atoms with van der Waals surface area (Å²) in [4.78, 5) is 0. The van der Waals surface area contributed by atoms with Crippen molar-refractivity contribution in [2.45, 2.75) is 13.8 Å². The summed E-state index contributed by atoms with van der Waals surface area (Å²) in [6, 6.07) is 6.27. The molecule has 12 heavy (non-hydrogen) atoms.